The Hall–Kier alpha value is -0.120. The highest BCUT2D eigenvalue weighted by Gasteiger charge is 2.31. The van der Waals surface area contributed by atoms with E-state index < -0.39 is 5.60 Å². The van der Waals surface area contributed by atoms with Gasteiger partial charge in [-0.15, -0.1) is 0 Å². The van der Waals surface area contributed by atoms with Crippen LogP contribution in [0.1, 0.15) is 46.5 Å². The Morgan fingerprint density at radius 2 is 1.85 bits per heavy atom. The van der Waals surface area contributed by atoms with Gasteiger partial charge in [0.1, 0.15) is 0 Å². The standard InChI is InChI=1S/C10H21NO2/c1-9(2,3)13-11-8-10(12)6-4-5-7-10/h11-12H,4-8H2,1-3H3. The number of hydroxylamine groups is 1. The minimum absolute atomic E-state index is 0.186. The fraction of sp³-hybridized carbons (Fsp3) is 1.00. The summed E-state index contributed by atoms with van der Waals surface area (Å²) in [6.07, 6.45) is 4.06. The summed E-state index contributed by atoms with van der Waals surface area (Å²) in [4.78, 5) is 5.35. The lowest BCUT2D eigenvalue weighted by Crippen LogP contribution is -2.41. The Labute approximate surface area is 80.4 Å². The summed E-state index contributed by atoms with van der Waals surface area (Å²) in [5, 5.41) is 9.95. The van der Waals surface area contributed by atoms with Crippen molar-refractivity contribution in [1.29, 1.82) is 0 Å². The van der Waals surface area contributed by atoms with E-state index in [1.54, 1.807) is 0 Å². The molecular weight excluding hydrogens is 166 g/mol. The molecule has 1 aliphatic rings. The van der Waals surface area contributed by atoms with Crippen LogP contribution in [0.5, 0.6) is 0 Å². The van der Waals surface area contributed by atoms with Crippen molar-refractivity contribution in [1.82, 2.24) is 5.48 Å². The second kappa shape index (κ2) is 3.95. The zero-order chi connectivity index (χ0) is 9.95. The molecule has 0 aromatic heterocycles. The minimum Gasteiger partial charge on any atom is -0.388 e. The van der Waals surface area contributed by atoms with Crippen molar-refractivity contribution in [2.75, 3.05) is 6.54 Å². The first-order valence-corrected chi connectivity index (χ1v) is 5.05. The predicted octanol–water partition coefficient (Wildman–Crippen LogP) is 1.61. The van der Waals surface area contributed by atoms with Crippen LogP contribution in [0, 0.1) is 0 Å². The van der Waals surface area contributed by atoms with Crippen LogP contribution in [-0.4, -0.2) is 22.9 Å². The summed E-state index contributed by atoms with van der Waals surface area (Å²) in [6.45, 7) is 6.50. The van der Waals surface area contributed by atoms with Crippen molar-refractivity contribution < 1.29 is 9.94 Å². The number of hydrogen-bond donors (Lipinski definition) is 2. The zero-order valence-corrected chi connectivity index (χ0v) is 8.89. The molecule has 3 heteroatoms. The first-order chi connectivity index (χ1) is 5.91. The van der Waals surface area contributed by atoms with Crippen molar-refractivity contribution in [3.63, 3.8) is 0 Å². The highest BCUT2D eigenvalue weighted by Crippen LogP contribution is 2.28. The molecule has 0 radical (unpaired) electrons. The first-order valence-electron chi connectivity index (χ1n) is 5.05. The van der Waals surface area contributed by atoms with Crippen LogP contribution in [0.4, 0.5) is 0 Å². The van der Waals surface area contributed by atoms with Crippen LogP contribution >= 0.6 is 0 Å². The maximum Gasteiger partial charge on any atom is 0.0812 e. The highest BCUT2D eigenvalue weighted by atomic mass is 16.7. The van der Waals surface area contributed by atoms with Gasteiger partial charge in [-0.1, -0.05) is 12.8 Å². The molecule has 1 fully saturated rings. The van der Waals surface area contributed by atoms with Gasteiger partial charge in [-0.25, -0.2) is 0 Å². The summed E-state index contributed by atoms with van der Waals surface area (Å²) in [7, 11) is 0. The van der Waals surface area contributed by atoms with E-state index in [0.29, 0.717) is 6.54 Å². The van der Waals surface area contributed by atoms with Crippen molar-refractivity contribution in [2.24, 2.45) is 0 Å². The third-order valence-corrected chi connectivity index (χ3v) is 2.31. The summed E-state index contributed by atoms with van der Waals surface area (Å²) in [5.74, 6) is 0. The Kier molecular flexibility index (Phi) is 3.33. The van der Waals surface area contributed by atoms with Crippen LogP contribution in [0.25, 0.3) is 0 Å². The molecule has 1 rings (SSSR count). The van der Waals surface area contributed by atoms with Gasteiger partial charge in [0.25, 0.3) is 0 Å². The van der Waals surface area contributed by atoms with Gasteiger partial charge in [-0.05, 0) is 33.6 Å². The lowest BCUT2D eigenvalue weighted by atomic mass is 10.0. The van der Waals surface area contributed by atoms with Gasteiger partial charge in [-0.3, -0.25) is 4.84 Å². The van der Waals surface area contributed by atoms with Crippen LogP contribution < -0.4 is 5.48 Å². The lowest BCUT2D eigenvalue weighted by molar-refractivity contribution is -0.0990. The van der Waals surface area contributed by atoms with Crippen LogP contribution in [0.15, 0.2) is 0 Å². The molecule has 2 N–H and O–H groups in total. The topological polar surface area (TPSA) is 41.5 Å². The van der Waals surface area contributed by atoms with Crippen molar-refractivity contribution in [3.8, 4) is 0 Å². The van der Waals surface area contributed by atoms with Crippen LogP contribution in [-0.2, 0) is 4.84 Å². The summed E-state index contributed by atoms with van der Waals surface area (Å²) < 4.78 is 0. The van der Waals surface area contributed by atoms with Crippen molar-refractivity contribution in [2.45, 2.75) is 57.7 Å². The van der Waals surface area contributed by atoms with Gasteiger partial charge >= 0.3 is 0 Å². The highest BCUT2D eigenvalue weighted by molar-refractivity contribution is 4.85. The van der Waals surface area contributed by atoms with Crippen LogP contribution in [0.3, 0.4) is 0 Å². The molecule has 1 aliphatic carbocycles. The molecule has 0 atom stereocenters. The number of hydrogen-bond acceptors (Lipinski definition) is 3. The smallest absolute Gasteiger partial charge is 0.0812 e. The van der Waals surface area contributed by atoms with E-state index in [2.05, 4.69) is 5.48 Å². The summed E-state index contributed by atoms with van der Waals surface area (Å²) in [6, 6.07) is 0. The molecule has 0 spiro atoms. The maximum absolute atomic E-state index is 9.95. The maximum atomic E-state index is 9.95. The van der Waals surface area contributed by atoms with E-state index in [0.717, 1.165) is 25.7 Å². The molecule has 78 valence electrons. The fourth-order valence-electron chi connectivity index (χ4n) is 1.60. The Morgan fingerprint density at radius 3 is 2.31 bits per heavy atom. The zero-order valence-electron chi connectivity index (χ0n) is 8.89. The number of rotatable bonds is 3. The monoisotopic (exact) mass is 187 g/mol. The van der Waals surface area contributed by atoms with E-state index in [1.165, 1.54) is 0 Å². The third-order valence-electron chi connectivity index (χ3n) is 2.31. The summed E-state index contributed by atoms with van der Waals surface area (Å²) in [5.41, 5.74) is 2.15. The molecule has 3 nitrogen and oxygen atoms in total. The van der Waals surface area contributed by atoms with Gasteiger partial charge in [0, 0.05) is 6.54 Å². The molecule has 0 heterocycles. The SMILES string of the molecule is CC(C)(C)ONCC1(O)CCCC1. The van der Waals surface area contributed by atoms with E-state index in [1.807, 2.05) is 20.8 Å². The molecule has 0 saturated heterocycles. The lowest BCUT2D eigenvalue weighted by Gasteiger charge is -2.26. The molecule has 0 amide bonds. The molecule has 13 heavy (non-hydrogen) atoms. The second-order valence-electron chi connectivity index (χ2n) is 4.97. The van der Waals surface area contributed by atoms with Gasteiger partial charge in [0.05, 0.1) is 11.2 Å². The van der Waals surface area contributed by atoms with Crippen molar-refractivity contribution >= 4 is 0 Å². The molecule has 0 aromatic rings. The molecule has 0 aromatic carbocycles. The minimum atomic E-state index is -0.523. The fourth-order valence-corrected chi connectivity index (χ4v) is 1.60. The van der Waals surface area contributed by atoms with E-state index in [9.17, 15) is 5.11 Å². The molecule has 0 aliphatic heterocycles. The average Bonchev–Trinajstić information content (AvgIpc) is 2.33. The number of aliphatic hydroxyl groups is 1. The molecule has 0 bridgehead atoms. The molecule has 0 unspecified atom stereocenters. The van der Waals surface area contributed by atoms with Crippen LogP contribution in [0.2, 0.25) is 0 Å². The Balaban J connectivity index is 2.18. The van der Waals surface area contributed by atoms with Gasteiger partial charge in [-0.2, -0.15) is 5.48 Å². The quantitative estimate of drug-likeness (QED) is 0.660. The Morgan fingerprint density at radius 1 is 1.31 bits per heavy atom. The molecular formula is C10H21NO2. The number of nitrogens with one attached hydrogen (secondary N) is 1. The normalized spacial score (nSPS) is 22.2. The van der Waals surface area contributed by atoms with Crippen molar-refractivity contribution in [3.05, 3.63) is 0 Å². The Bertz CT molecular complexity index is 157. The van der Waals surface area contributed by atoms with E-state index in [-0.39, 0.29) is 5.60 Å². The molecule has 1 saturated carbocycles. The van der Waals surface area contributed by atoms with E-state index in [4.69, 9.17) is 4.84 Å². The largest absolute Gasteiger partial charge is 0.388 e. The van der Waals surface area contributed by atoms with Gasteiger partial charge in [0.15, 0.2) is 0 Å². The van der Waals surface area contributed by atoms with Gasteiger partial charge in [0.2, 0.25) is 0 Å². The first kappa shape index (κ1) is 11.0. The predicted molar refractivity (Wildman–Crippen MR) is 52.3 cm³/mol. The summed E-state index contributed by atoms with van der Waals surface area (Å²) >= 11 is 0. The third kappa shape index (κ3) is 4.07. The second-order valence-corrected chi connectivity index (χ2v) is 4.97. The van der Waals surface area contributed by atoms with Gasteiger partial charge < -0.3 is 5.11 Å². The van der Waals surface area contributed by atoms with E-state index >= 15 is 0 Å². The average molecular weight is 187 g/mol.